The molecule has 0 amide bonds. The van der Waals surface area contributed by atoms with E-state index in [1.807, 2.05) is 0 Å². The Morgan fingerprint density at radius 1 is 1.50 bits per heavy atom. The molecule has 0 saturated heterocycles. The molecule has 0 radical (unpaired) electrons. The third-order valence-corrected chi connectivity index (χ3v) is 2.87. The number of phenolic OH excluding ortho intramolecular Hbond substituents is 1. The van der Waals surface area contributed by atoms with Crippen molar-refractivity contribution in [2.24, 2.45) is 0 Å². The van der Waals surface area contributed by atoms with Crippen molar-refractivity contribution in [3.05, 3.63) is 29.3 Å². The number of cyclic esters (lactones) is 1. The van der Waals surface area contributed by atoms with E-state index in [0.717, 1.165) is 0 Å². The number of fused-ring (bicyclic) bond motifs is 1. The molecular formula is C10H9ClO3. The molecule has 0 fully saturated rings. The number of hydrogen-bond acceptors (Lipinski definition) is 3. The Kier molecular flexibility index (Phi) is 2.11. The molecule has 1 heterocycles. The number of rotatable bonds is 0. The number of esters is 1. The van der Waals surface area contributed by atoms with Crippen molar-refractivity contribution in [3.8, 4) is 5.75 Å². The van der Waals surface area contributed by atoms with Gasteiger partial charge in [-0.1, -0.05) is 12.1 Å². The van der Waals surface area contributed by atoms with Crippen molar-refractivity contribution in [2.75, 3.05) is 0 Å². The number of phenols is 1. The Bertz CT molecular complexity index is 389. The monoisotopic (exact) mass is 212 g/mol. The van der Waals surface area contributed by atoms with Gasteiger partial charge < -0.3 is 9.84 Å². The zero-order valence-corrected chi connectivity index (χ0v) is 8.28. The molecule has 74 valence electrons. The lowest BCUT2D eigenvalue weighted by molar-refractivity contribution is 0.0284. The lowest BCUT2D eigenvalue weighted by Crippen LogP contribution is -2.27. The van der Waals surface area contributed by atoms with E-state index >= 15 is 0 Å². The van der Waals surface area contributed by atoms with Crippen molar-refractivity contribution in [3.63, 3.8) is 0 Å². The molecule has 0 bridgehead atoms. The first-order valence-electron chi connectivity index (χ1n) is 4.28. The van der Waals surface area contributed by atoms with E-state index < -0.39 is 11.3 Å². The first kappa shape index (κ1) is 9.34. The second kappa shape index (κ2) is 3.17. The summed E-state index contributed by atoms with van der Waals surface area (Å²) in [5.74, 6) is -0.590. The summed E-state index contributed by atoms with van der Waals surface area (Å²) in [7, 11) is 0. The molecule has 1 aliphatic heterocycles. The van der Waals surface area contributed by atoms with Crippen LogP contribution in [0.3, 0.4) is 0 Å². The summed E-state index contributed by atoms with van der Waals surface area (Å²) in [6.07, 6.45) is -0.363. The molecule has 4 heteroatoms. The van der Waals surface area contributed by atoms with Gasteiger partial charge in [0.2, 0.25) is 0 Å². The molecule has 2 unspecified atom stereocenters. The van der Waals surface area contributed by atoms with Gasteiger partial charge in [0.25, 0.3) is 0 Å². The number of carbonyl (C=O) groups is 1. The number of benzene rings is 1. The van der Waals surface area contributed by atoms with Gasteiger partial charge >= 0.3 is 5.97 Å². The van der Waals surface area contributed by atoms with Crippen LogP contribution in [0.2, 0.25) is 0 Å². The number of alkyl halides is 1. The number of halogens is 1. The Morgan fingerprint density at radius 3 is 2.93 bits per heavy atom. The van der Waals surface area contributed by atoms with Crippen LogP contribution in [0, 0.1) is 0 Å². The van der Waals surface area contributed by atoms with Crippen LogP contribution in [0.1, 0.15) is 28.2 Å². The number of ether oxygens (including phenoxy) is 1. The van der Waals surface area contributed by atoms with Crippen molar-refractivity contribution in [2.45, 2.75) is 18.4 Å². The standard InChI is InChI=1S/C10H9ClO3/c1-5-9(11)6-3-2-4-7(12)8(6)10(13)14-5/h2-5,9,12H,1H3. The number of carbonyl (C=O) groups excluding carboxylic acids is 1. The summed E-state index contributed by atoms with van der Waals surface area (Å²) >= 11 is 6.05. The maximum Gasteiger partial charge on any atom is 0.342 e. The first-order chi connectivity index (χ1) is 6.61. The molecule has 2 atom stereocenters. The van der Waals surface area contributed by atoms with Crippen LogP contribution in [0.4, 0.5) is 0 Å². The quantitative estimate of drug-likeness (QED) is 0.530. The van der Waals surface area contributed by atoms with Gasteiger partial charge in [-0.3, -0.25) is 0 Å². The van der Waals surface area contributed by atoms with Crippen molar-refractivity contribution in [1.29, 1.82) is 0 Å². The Morgan fingerprint density at radius 2 is 2.21 bits per heavy atom. The normalized spacial score (nSPS) is 25.4. The molecule has 0 aromatic heterocycles. The van der Waals surface area contributed by atoms with E-state index in [0.29, 0.717) is 5.56 Å². The maximum absolute atomic E-state index is 11.4. The zero-order valence-electron chi connectivity index (χ0n) is 7.53. The molecule has 3 nitrogen and oxygen atoms in total. The van der Waals surface area contributed by atoms with Gasteiger partial charge in [0.15, 0.2) is 0 Å². The maximum atomic E-state index is 11.4. The average Bonchev–Trinajstić information content (AvgIpc) is 2.14. The minimum Gasteiger partial charge on any atom is -0.507 e. The summed E-state index contributed by atoms with van der Waals surface area (Å²) in [6, 6.07) is 4.83. The molecule has 2 rings (SSSR count). The zero-order chi connectivity index (χ0) is 10.3. The SMILES string of the molecule is CC1OC(=O)c2c(O)cccc2C1Cl. The largest absolute Gasteiger partial charge is 0.507 e. The van der Waals surface area contributed by atoms with E-state index in [1.165, 1.54) is 6.07 Å². The highest BCUT2D eigenvalue weighted by molar-refractivity contribution is 6.22. The van der Waals surface area contributed by atoms with Crippen LogP contribution in [-0.2, 0) is 4.74 Å². The Hall–Kier alpha value is -1.22. The summed E-state index contributed by atoms with van der Waals surface area (Å²) in [5, 5.41) is 9.08. The third kappa shape index (κ3) is 1.24. The Balaban J connectivity index is 2.61. The molecule has 1 N–H and O–H groups in total. The van der Waals surface area contributed by atoms with Crippen molar-refractivity contribution < 1.29 is 14.6 Å². The highest BCUT2D eigenvalue weighted by atomic mass is 35.5. The topological polar surface area (TPSA) is 46.5 Å². The van der Waals surface area contributed by atoms with Crippen LogP contribution >= 0.6 is 11.6 Å². The summed E-state index contributed by atoms with van der Waals surface area (Å²) in [4.78, 5) is 11.4. The lowest BCUT2D eigenvalue weighted by atomic mass is 9.98. The van der Waals surface area contributed by atoms with Gasteiger partial charge in [0.05, 0.1) is 5.38 Å². The second-order valence-corrected chi connectivity index (χ2v) is 3.72. The summed E-state index contributed by atoms with van der Waals surface area (Å²) in [5.41, 5.74) is 0.820. The average molecular weight is 213 g/mol. The fourth-order valence-electron chi connectivity index (χ4n) is 1.55. The minimum atomic E-state index is -0.512. The van der Waals surface area contributed by atoms with Crippen LogP contribution < -0.4 is 0 Å². The number of aromatic hydroxyl groups is 1. The highest BCUT2D eigenvalue weighted by Crippen LogP contribution is 2.37. The fourth-order valence-corrected chi connectivity index (χ4v) is 1.78. The second-order valence-electron chi connectivity index (χ2n) is 3.25. The van der Waals surface area contributed by atoms with E-state index in [2.05, 4.69) is 0 Å². The lowest BCUT2D eigenvalue weighted by Gasteiger charge is -2.26. The van der Waals surface area contributed by atoms with E-state index in [1.54, 1.807) is 19.1 Å². The van der Waals surface area contributed by atoms with Crippen LogP contribution in [0.25, 0.3) is 0 Å². The van der Waals surface area contributed by atoms with Gasteiger partial charge in [-0.15, -0.1) is 11.6 Å². The third-order valence-electron chi connectivity index (χ3n) is 2.28. The fraction of sp³-hybridized carbons (Fsp3) is 0.300. The van der Waals surface area contributed by atoms with Crippen molar-refractivity contribution >= 4 is 17.6 Å². The molecule has 0 saturated carbocycles. The van der Waals surface area contributed by atoms with Gasteiger partial charge in [0, 0.05) is 0 Å². The van der Waals surface area contributed by atoms with Crippen LogP contribution in [-0.4, -0.2) is 17.2 Å². The van der Waals surface area contributed by atoms with Gasteiger partial charge in [-0.25, -0.2) is 4.79 Å². The smallest absolute Gasteiger partial charge is 0.342 e. The molecular weight excluding hydrogens is 204 g/mol. The minimum absolute atomic E-state index is 0.0787. The molecule has 1 aliphatic rings. The van der Waals surface area contributed by atoms with E-state index in [9.17, 15) is 9.90 Å². The predicted molar refractivity (Wildman–Crippen MR) is 51.6 cm³/mol. The van der Waals surface area contributed by atoms with E-state index in [4.69, 9.17) is 16.3 Å². The van der Waals surface area contributed by atoms with Crippen molar-refractivity contribution in [1.82, 2.24) is 0 Å². The van der Waals surface area contributed by atoms with Gasteiger partial charge in [-0.05, 0) is 18.6 Å². The molecule has 1 aromatic rings. The molecule has 14 heavy (non-hydrogen) atoms. The van der Waals surface area contributed by atoms with Crippen LogP contribution in [0.15, 0.2) is 18.2 Å². The predicted octanol–water partition coefficient (Wildman–Crippen LogP) is 2.23. The number of hydrogen-bond donors (Lipinski definition) is 1. The Labute approximate surface area is 86.3 Å². The summed E-state index contributed by atoms with van der Waals surface area (Å²) in [6.45, 7) is 1.72. The van der Waals surface area contributed by atoms with E-state index in [-0.39, 0.29) is 17.4 Å². The van der Waals surface area contributed by atoms with Crippen LogP contribution in [0.5, 0.6) is 5.75 Å². The molecule has 0 spiro atoms. The summed E-state index contributed by atoms with van der Waals surface area (Å²) < 4.78 is 4.97. The molecule has 0 aliphatic carbocycles. The first-order valence-corrected chi connectivity index (χ1v) is 4.72. The van der Waals surface area contributed by atoms with Gasteiger partial charge in [-0.2, -0.15) is 0 Å². The highest BCUT2D eigenvalue weighted by Gasteiger charge is 2.33. The molecule has 1 aromatic carbocycles. The van der Waals surface area contributed by atoms with Gasteiger partial charge in [0.1, 0.15) is 17.4 Å².